The first-order chi connectivity index (χ1) is 9.15. The number of methoxy groups -OCH3 is 1. The number of hydrogen-bond donors (Lipinski definition) is 1. The van der Waals surface area contributed by atoms with Crippen molar-refractivity contribution in [1.82, 2.24) is 0 Å². The number of carbonyl (C=O) groups is 1. The summed E-state index contributed by atoms with van der Waals surface area (Å²) in [4.78, 5) is 12.5. The first kappa shape index (κ1) is 13.1. The number of rotatable bonds is 4. The lowest BCUT2D eigenvalue weighted by molar-refractivity contribution is 0.103. The van der Waals surface area contributed by atoms with Gasteiger partial charge in [-0.1, -0.05) is 23.8 Å². The van der Waals surface area contributed by atoms with Gasteiger partial charge < -0.3 is 10.1 Å². The second kappa shape index (κ2) is 5.57. The molecule has 3 nitrogen and oxygen atoms in total. The molecule has 0 radical (unpaired) electrons. The van der Waals surface area contributed by atoms with Crippen LogP contribution in [0.1, 0.15) is 21.5 Å². The van der Waals surface area contributed by atoms with Crippen LogP contribution < -0.4 is 10.1 Å². The first-order valence-corrected chi connectivity index (χ1v) is 6.13. The van der Waals surface area contributed by atoms with Gasteiger partial charge in [0.25, 0.3) is 0 Å². The molecule has 0 saturated carbocycles. The largest absolute Gasteiger partial charge is 0.496 e. The van der Waals surface area contributed by atoms with Crippen LogP contribution >= 0.6 is 0 Å². The Morgan fingerprint density at radius 1 is 1.16 bits per heavy atom. The zero-order valence-electron chi connectivity index (χ0n) is 11.4. The van der Waals surface area contributed by atoms with E-state index in [1.807, 2.05) is 56.4 Å². The summed E-state index contributed by atoms with van der Waals surface area (Å²) in [6.07, 6.45) is 0. The third-order valence-electron chi connectivity index (χ3n) is 3.01. The molecule has 0 aliphatic heterocycles. The lowest BCUT2D eigenvalue weighted by Crippen LogP contribution is -2.05. The van der Waals surface area contributed by atoms with Crippen LogP contribution in [-0.4, -0.2) is 19.9 Å². The van der Waals surface area contributed by atoms with Crippen molar-refractivity contribution in [2.75, 3.05) is 19.5 Å². The molecule has 0 aliphatic carbocycles. The summed E-state index contributed by atoms with van der Waals surface area (Å²) < 4.78 is 5.26. The van der Waals surface area contributed by atoms with Crippen molar-refractivity contribution in [3.05, 3.63) is 59.2 Å². The maximum atomic E-state index is 12.5. The van der Waals surface area contributed by atoms with Gasteiger partial charge in [-0.2, -0.15) is 0 Å². The van der Waals surface area contributed by atoms with Gasteiger partial charge >= 0.3 is 0 Å². The number of anilines is 1. The highest BCUT2D eigenvalue weighted by Crippen LogP contribution is 2.23. The molecular weight excluding hydrogens is 238 g/mol. The quantitative estimate of drug-likeness (QED) is 0.852. The van der Waals surface area contributed by atoms with Crippen LogP contribution in [0.15, 0.2) is 42.5 Å². The predicted molar refractivity (Wildman–Crippen MR) is 77.2 cm³/mol. The molecule has 0 spiro atoms. The molecule has 0 heterocycles. The van der Waals surface area contributed by atoms with Crippen molar-refractivity contribution >= 4 is 11.5 Å². The Balaban J connectivity index is 2.46. The van der Waals surface area contributed by atoms with E-state index in [-0.39, 0.29) is 5.78 Å². The van der Waals surface area contributed by atoms with Gasteiger partial charge in [-0.3, -0.25) is 4.79 Å². The van der Waals surface area contributed by atoms with Crippen molar-refractivity contribution in [2.45, 2.75) is 6.92 Å². The fourth-order valence-corrected chi connectivity index (χ4v) is 1.97. The highest BCUT2D eigenvalue weighted by Gasteiger charge is 2.14. The van der Waals surface area contributed by atoms with E-state index in [4.69, 9.17) is 4.74 Å². The third-order valence-corrected chi connectivity index (χ3v) is 3.01. The summed E-state index contributed by atoms with van der Waals surface area (Å²) in [5.41, 5.74) is 3.19. The molecule has 1 N–H and O–H groups in total. The SMILES string of the molecule is CNc1cccc(C(=O)c2cc(C)ccc2OC)c1. The Kier molecular flexibility index (Phi) is 3.85. The van der Waals surface area contributed by atoms with E-state index in [9.17, 15) is 4.79 Å². The lowest BCUT2D eigenvalue weighted by Gasteiger charge is -2.09. The predicted octanol–water partition coefficient (Wildman–Crippen LogP) is 3.28. The second-order valence-electron chi connectivity index (χ2n) is 4.36. The number of carbonyl (C=O) groups excluding carboxylic acids is 1. The van der Waals surface area contributed by atoms with E-state index < -0.39 is 0 Å². The van der Waals surface area contributed by atoms with Gasteiger partial charge in [0.15, 0.2) is 5.78 Å². The van der Waals surface area contributed by atoms with Crippen LogP contribution in [0.5, 0.6) is 5.75 Å². The molecule has 0 unspecified atom stereocenters. The normalized spacial score (nSPS) is 10.1. The molecule has 0 amide bonds. The van der Waals surface area contributed by atoms with Crippen molar-refractivity contribution in [3.63, 3.8) is 0 Å². The highest BCUT2D eigenvalue weighted by molar-refractivity contribution is 6.11. The fourth-order valence-electron chi connectivity index (χ4n) is 1.97. The Morgan fingerprint density at radius 2 is 1.95 bits per heavy atom. The van der Waals surface area contributed by atoms with E-state index in [0.717, 1.165) is 11.3 Å². The van der Waals surface area contributed by atoms with Crippen molar-refractivity contribution < 1.29 is 9.53 Å². The highest BCUT2D eigenvalue weighted by atomic mass is 16.5. The van der Waals surface area contributed by atoms with Crippen molar-refractivity contribution in [3.8, 4) is 5.75 Å². The van der Waals surface area contributed by atoms with Crippen molar-refractivity contribution in [1.29, 1.82) is 0 Å². The number of hydrogen-bond acceptors (Lipinski definition) is 3. The molecule has 0 aliphatic rings. The number of benzene rings is 2. The number of aryl methyl sites for hydroxylation is 1. The lowest BCUT2D eigenvalue weighted by atomic mass is 10.00. The molecule has 0 fully saturated rings. The van der Waals surface area contributed by atoms with Gasteiger partial charge in [-0.25, -0.2) is 0 Å². The van der Waals surface area contributed by atoms with Gasteiger partial charge in [0.05, 0.1) is 12.7 Å². The average Bonchev–Trinajstić information content (AvgIpc) is 2.46. The molecular formula is C16H17NO2. The molecule has 19 heavy (non-hydrogen) atoms. The van der Waals surface area contributed by atoms with Crippen molar-refractivity contribution in [2.24, 2.45) is 0 Å². The van der Waals surface area contributed by atoms with Crippen LogP contribution in [0.2, 0.25) is 0 Å². The van der Waals surface area contributed by atoms with Gasteiger partial charge in [0, 0.05) is 18.3 Å². The zero-order chi connectivity index (χ0) is 13.8. The molecule has 0 aromatic heterocycles. The summed E-state index contributed by atoms with van der Waals surface area (Å²) in [6.45, 7) is 1.96. The minimum Gasteiger partial charge on any atom is -0.496 e. The number of ketones is 1. The fraction of sp³-hybridized carbons (Fsp3) is 0.188. The van der Waals surface area contributed by atoms with Crippen LogP contribution in [-0.2, 0) is 0 Å². The smallest absolute Gasteiger partial charge is 0.196 e. The van der Waals surface area contributed by atoms with E-state index in [0.29, 0.717) is 16.9 Å². The summed E-state index contributed by atoms with van der Waals surface area (Å²) >= 11 is 0. The first-order valence-electron chi connectivity index (χ1n) is 6.13. The standard InChI is InChI=1S/C16H17NO2/c1-11-7-8-15(19-3)14(9-11)16(18)12-5-4-6-13(10-12)17-2/h4-10,17H,1-3H3. The topological polar surface area (TPSA) is 38.3 Å². The number of nitrogens with one attached hydrogen (secondary N) is 1. The molecule has 2 aromatic rings. The molecule has 0 saturated heterocycles. The van der Waals surface area contributed by atoms with Crippen LogP contribution in [0.25, 0.3) is 0 Å². The average molecular weight is 255 g/mol. The Morgan fingerprint density at radius 3 is 2.63 bits per heavy atom. The van der Waals surface area contributed by atoms with Gasteiger partial charge in [-0.05, 0) is 31.2 Å². The number of ether oxygens (including phenoxy) is 1. The molecule has 0 bridgehead atoms. The Bertz CT molecular complexity index is 605. The third kappa shape index (κ3) is 2.76. The summed E-state index contributed by atoms with van der Waals surface area (Å²) in [5, 5.41) is 3.03. The molecule has 2 rings (SSSR count). The molecule has 0 atom stereocenters. The summed E-state index contributed by atoms with van der Waals surface area (Å²) in [7, 11) is 3.41. The summed E-state index contributed by atoms with van der Waals surface area (Å²) in [5.74, 6) is 0.572. The summed E-state index contributed by atoms with van der Waals surface area (Å²) in [6, 6.07) is 13.0. The maximum Gasteiger partial charge on any atom is 0.196 e. The molecule has 2 aromatic carbocycles. The van der Waals surface area contributed by atoms with Crippen LogP contribution in [0.3, 0.4) is 0 Å². The van der Waals surface area contributed by atoms with Gasteiger partial charge in [0.1, 0.15) is 5.75 Å². The maximum absolute atomic E-state index is 12.5. The molecule has 98 valence electrons. The van der Waals surface area contributed by atoms with Crippen LogP contribution in [0.4, 0.5) is 5.69 Å². The molecule has 3 heteroatoms. The second-order valence-corrected chi connectivity index (χ2v) is 4.36. The minimum atomic E-state index is -0.0300. The Hall–Kier alpha value is -2.29. The monoisotopic (exact) mass is 255 g/mol. The van der Waals surface area contributed by atoms with E-state index in [1.165, 1.54) is 0 Å². The zero-order valence-corrected chi connectivity index (χ0v) is 11.4. The Labute approximate surface area is 113 Å². The van der Waals surface area contributed by atoms with E-state index in [1.54, 1.807) is 7.11 Å². The van der Waals surface area contributed by atoms with Crippen LogP contribution in [0, 0.1) is 6.92 Å². The van der Waals surface area contributed by atoms with Gasteiger partial charge in [-0.15, -0.1) is 0 Å². The van der Waals surface area contributed by atoms with E-state index >= 15 is 0 Å². The minimum absolute atomic E-state index is 0.0300. The van der Waals surface area contributed by atoms with E-state index in [2.05, 4.69) is 5.32 Å². The van der Waals surface area contributed by atoms with Gasteiger partial charge in [0.2, 0.25) is 0 Å².